The molecule has 0 radical (unpaired) electrons. The molecular formula is C15H19ClN2O4. The number of rotatable bonds is 5. The first kappa shape index (κ1) is 16.4. The lowest BCUT2D eigenvalue weighted by Gasteiger charge is -2.30. The lowest BCUT2D eigenvalue weighted by Crippen LogP contribution is -2.47. The van der Waals surface area contributed by atoms with E-state index in [0.717, 1.165) is 0 Å². The minimum atomic E-state index is -0.848. The Morgan fingerprint density at radius 2 is 2.18 bits per heavy atom. The van der Waals surface area contributed by atoms with Crippen LogP contribution in [0.25, 0.3) is 0 Å². The van der Waals surface area contributed by atoms with E-state index in [1.54, 1.807) is 12.1 Å². The molecule has 6 nitrogen and oxygen atoms in total. The van der Waals surface area contributed by atoms with Crippen LogP contribution in [-0.2, 0) is 4.79 Å². The van der Waals surface area contributed by atoms with Crippen molar-refractivity contribution in [2.45, 2.75) is 12.8 Å². The van der Waals surface area contributed by atoms with Gasteiger partial charge in [0.25, 0.3) is 0 Å². The number of para-hydroxylation sites is 1. The van der Waals surface area contributed by atoms with Gasteiger partial charge in [-0.15, -0.1) is 0 Å². The maximum atomic E-state index is 12.0. The molecular weight excluding hydrogens is 308 g/mol. The maximum Gasteiger partial charge on any atom is 0.317 e. The third kappa shape index (κ3) is 4.53. The number of carboxylic acid groups (broad SMARTS) is 1. The van der Waals surface area contributed by atoms with Crippen LogP contribution >= 0.6 is 11.6 Å². The zero-order valence-electron chi connectivity index (χ0n) is 12.1. The van der Waals surface area contributed by atoms with Gasteiger partial charge in [-0.1, -0.05) is 23.7 Å². The summed E-state index contributed by atoms with van der Waals surface area (Å²) in [6.07, 6.45) is 1.33. The van der Waals surface area contributed by atoms with Gasteiger partial charge >= 0.3 is 12.0 Å². The number of amides is 2. The fourth-order valence-corrected chi connectivity index (χ4v) is 2.55. The van der Waals surface area contributed by atoms with Crippen LogP contribution in [0.3, 0.4) is 0 Å². The maximum absolute atomic E-state index is 12.0. The number of aliphatic carboxylic acids is 1. The van der Waals surface area contributed by atoms with Crippen molar-refractivity contribution in [1.29, 1.82) is 0 Å². The van der Waals surface area contributed by atoms with Crippen LogP contribution in [0, 0.1) is 5.92 Å². The Balaban J connectivity index is 1.71. The molecule has 0 saturated carbocycles. The van der Waals surface area contributed by atoms with E-state index in [0.29, 0.717) is 43.3 Å². The van der Waals surface area contributed by atoms with Crippen molar-refractivity contribution in [2.75, 3.05) is 26.2 Å². The fourth-order valence-electron chi connectivity index (χ4n) is 2.36. The summed E-state index contributed by atoms with van der Waals surface area (Å²) in [4.78, 5) is 24.5. The number of ether oxygens (including phenoxy) is 1. The molecule has 7 heteroatoms. The van der Waals surface area contributed by atoms with E-state index >= 15 is 0 Å². The number of likely N-dealkylation sites (tertiary alicyclic amines) is 1. The van der Waals surface area contributed by atoms with E-state index < -0.39 is 11.9 Å². The standard InChI is InChI=1S/C15H19ClN2O4/c16-12-5-1-2-6-13(12)22-9-7-17-15(21)18-8-3-4-11(10-18)14(19)20/h1-2,5-6,11H,3-4,7-10H2,(H,17,21)(H,19,20). The van der Waals surface area contributed by atoms with Crippen molar-refractivity contribution >= 4 is 23.6 Å². The number of nitrogens with one attached hydrogen (secondary N) is 1. The average Bonchev–Trinajstić information content (AvgIpc) is 2.53. The second kappa shape index (κ2) is 7.89. The summed E-state index contributed by atoms with van der Waals surface area (Å²) in [6, 6.07) is 6.86. The largest absolute Gasteiger partial charge is 0.490 e. The van der Waals surface area contributed by atoms with E-state index in [9.17, 15) is 9.59 Å². The van der Waals surface area contributed by atoms with Gasteiger partial charge in [0, 0.05) is 13.1 Å². The molecule has 2 rings (SSSR count). The Morgan fingerprint density at radius 1 is 1.41 bits per heavy atom. The molecule has 1 aromatic carbocycles. The third-order valence-electron chi connectivity index (χ3n) is 3.53. The quantitative estimate of drug-likeness (QED) is 0.813. The monoisotopic (exact) mass is 326 g/mol. The van der Waals surface area contributed by atoms with E-state index in [2.05, 4.69) is 5.32 Å². The number of nitrogens with zero attached hydrogens (tertiary/aromatic N) is 1. The molecule has 120 valence electrons. The Kier molecular flexibility index (Phi) is 5.89. The first-order chi connectivity index (χ1) is 10.6. The number of halogens is 1. The van der Waals surface area contributed by atoms with Crippen LogP contribution in [0.5, 0.6) is 5.75 Å². The number of carbonyl (C=O) groups is 2. The zero-order valence-corrected chi connectivity index (χ0v) is 12.9. The summed E-state index contributed by atoms with van der Waals surface area (Å²) in [5, 5.41) is 12.3. The van der Waals surface area contributed by atoms with Gasteiger partial charge in [0.15, 0.2) is 0 Å². The number of hydrogen-bond donors (Lipinski definition) is 2. The molecule has 1 fully saturated rings. The first-order valence-electron chi connectivity index (χ1n) is 7.21. The summed E-state index contributed by atoms with van der Waals surface area (Å²) >= 11 is 5.96. The average molecular weight is 327 g/mol. The topological polar surface area (TPSA) is 78.9 Å². The molecule has 1 saturated heterocycles. The van der Waals surface area contributed by atoms with Gasteiger partial charge in [-0.3, -0.25) is 4.79 Å². The first-order valence-corrected chi connectivity index (χ1v) is 7.58. The van der Waals surface area contributed by atoms with Gasteiger partial charge < -0.3 is 20.1 Å². The van der Waals surface area contributed by atoms with Gasteiger partial charge in [-0.2, -0.15) is 0 Å². The number of benzene rings is 1. The van der Waals surface area contributed by atoms with Crippen molar-refractivity contribution in [3.63, 3.8) is 0 Å². The predicted octanol–water partition coefficient (Wildman–Crippen LogP) is 2.22. The minimum Gasteiger partial charge on any atom is -0.490 e. The summed E-state index contributed by atoms with van der Waals surface area (Å²) in [5.41, 5.74) is 0. The van der Waals surface area contributed by atoms with Crippen LogP contribution in [0.4, 0.5) is 4.79 Å². The zero-order chi connectivity index (χ0) is 15.9. The van der Waals surface area contributed by atoms with Crippen LogP contribution in [0.2, 0.25) is 5.02 Å². The second-order valence-electron chi connectivity index (χ2n) is 5.13. The second-order valence-corrected chi connectivity index (χ2v) is 5.54. The third-order valence-corrected chi connectivity index (χ3v) is 3.84. The van der Waals surface area contributed by atoms with Crippen molar-refractivity contribution in [1.82, 2.24) is 10.2 Å². The number of carbonyl (C=O) groups excluding carboxylic acids is 1. The van der Waals surface area contributed by atoms with Crippen molar-refractivity contribution < 1.29 is 19.4 Å². The fraction of sp³-hybridized carbons (Fsp3) is 0.467. The Labute approximate surface area is 134 Å². The molecule has 1 aliphatic heterocycles. The highest BCUT2D eigenvalue weighted by atomic mass is 35.5. The minimum absolute atomic E-state index is 0.256. The highest BCUT2D eigenvalue weighted by Crippen LogP contribution is 2.22. The summed E-state index contributed by atoms with van der Waals surface area (Å²) in [6.45, 7) is 1.47. The molecule has 1 atom stereocenters. The van der Waals surface area contributed by atoms with Crippen LogP contribution in [0.1, 0.15) is 12.8 Å². The molecule has 0 aliphatic carbocycles. The van der Waals surface area contributed by atoms with Gasteiger partial charge in [-0.05, 0) is 25.0 Å². The molecule has 22 heavy (non-hydrogen) atoms. The van der Waals surface area contributed by atoms with Gasteiger partial charge in [0.1, 0.15) is 12.4 Å². The van der Waals surface area contributed by atoms with Crippen molar-refractivity contribution in [3.8, 4) is 5.75 Å². The van der Waals surface area contributed by atoms with Crippen molar-refractivity contribution in [3.05, 3.63) is 29.3 Å². The molecule has 1 aromatic rings. The smallest absolute Gasteiger partial charge is 0.317 e. The molecule has 0 aromatic heterocycles. The molecule has 1 aliphatic rings. The van der Waals surface area contributed by atoms with E-state index in [-0.39, 0.29) is 12.6 Å². The highest BCUT2D eigenvalue weighted by molar-refractivity contribution is 6.32. The molecule has 1 heterocycles. The molecule has 2 amide bonds. The van der Waals surface area contributed by atoms with Crippen LogP contribution < -0.4 is 10.1 Å². The van der Waals surface area contributed by atoms with Crippen LogP contribution in [0.15, 0.2) is 24.3 Å². The summed E-state index contributed by atoms with van der Waals surface area (Å²) in [7, 11) is 0. The van der Waals surface area contributed by atoms with Gasteiger partial charge in [-0.25, -0.2) is 4.79 Å². The normalized spacial score (nSPS) is 17.9. The number of urea groups is 1. The molecule has 0 spiro atoms. The number of piperidine rings is 1. The molecule has 1 unspecified atom stereocenters. The van der Waals surface area contributed by atoms with Crippen LogP contribution in [-0.4, -0.2) is 48.2 Å². The van der Waals surface area contributed by atoms with Crippen molar-refractivity contribution in [2.24, 2.45) is 5.92 Å². The molecule has 0 bridgehead atoms. The lowest BCUT2D eigenvalue weighted by atomic mass is 9.99. The Morgan fingerprint density at radius 3 is 2.91 bits per heavy atom. The Hall–Kier alpha value is -1.95. The number of hydrogen-bond acceptors (Lipinski definition) is 3. The van der Waals surface area contributed by atoms with E-state index in [1.165, 1.54) is 4.90 Å². The Bertz CT molecular complexity index is 538. The summed E-state index contributed by atoms with van der Waals surface area (Å²) < 4.78 is 5.47. The van der Waals surface area contributed by atoms with E-state index in [1.807, 2.05) is 12.1 Å². The highest BCUT2D eigenvalue weighted by Gasteiger charge is 2.27. The van der Waals surface area contributed by atoms with Gasteiger partial charge in [0.2, 0.25) is 0 Å². The number of carboxylic acids is 1. The molecule has 2 N–H and O–H groups in total. The van der Waals surface area contributed by atoms with Gasteiger partial charge in [0.05, 0.1) is 17.5 Å². The SMILES string of the molecule is O=C(O)C1CCCN(C(=O)NCCOc2ccccc2Cl)C1. The predicted molar refractivity (Wildman–Crippen MR) is 82.3 cm³/mol. The lowest BCUT2D eigenvalue weighted by molar-refractivity contribution is -0.143. The summed E-state index contributed by atoms with van der Waals surface area (Å²) in [5.74, 6) is -0.749. The van der Waals surface area contributed by atoms with E-state index in [4.69, 9.17) is 21.4 Å².